The molecule has 6 heteroatoms. The molecule has 1 aromatic heterocycles. The van der Waals surface area contributed by atoms with E-state index >= 15 is 0 Å². The van der Waals surface area contributed by atoms with Crippen molar-refractivity contribution in [2.24, 2.45) is 5.92 Å². The first-order chi connectivity index (χ1) is 9.01. The standard InChI is InChI=1S/C13H18ClN3O2/c1-8-3-4-17(7-10(8)19-2)13(18)9-5-11(14)16-12(15)6-9/h5-6,8,10H,3-4,7H2,1-2H3,(H2,15,16). The van der Waals surface area contributed by atoms with Crippen LogP contribution in [0.15, 0.2) is 12.1 Å². The number of amides is 1. The third-order valence-corrected chi connectivity index (χ3v) is 3.73. The van der Waals surface area contributed by atoms with Crippen LogP contribution in [0, 0.1) is 5.92 Å². The first-order valence-corrected chi connectivity index (χ1v) is 6.64. The maximum absolute atomic E-state index is 12.4. The maximum Gasteiger partial charge on any atom is 0.254 e. The topological polar surface area (TPSA) is 68.5 Å². The Morgan fingerprint density at radius 3 is 2.95 bits per heavy atom. The highest BCUT2D eigenvalue weighted by Crippen LogP contribution is 2.22. The largest absolute Gasteiger partial charge is 0.384 e. The summed E-state index contributed by atoms with van der Waals surface area (Å²) < 4.78 is 5.41. The number of nitrogen functional groups attached to an aromatic ring is 1. The van der Waals surface area contributed by atoms with Crippen LogP contribution < -0.4 is 5.73 Å². The number of hydrogen-bond donors (Lipinski definition) is 1. The average molecular weight is 284 g/mol. The predicted octanol–water partition coefficient (Wildman–Crippen LogP) is 1.81. The number of anilines is 1. The van der Waals surface area contributed by atoms with E-state index in [2.05, 4.69) is 11.9 Å². The third-order valence-electron chi connectivity index (χ3n) is 3.54. The van der Waals surface area contributed by atoms with E-state index in [1.165, 1.54) is 0 Å². The van der Waals surface area contributed by atoms with Crippen molar-refractivity contribution in [3.63, 3.8) is 0 Å². The van der Waals surface area contributed by atoms with Crippen LogP contribution in [0.3, 0.4) is 0 Å². The fourth-order valence-corrected chi connectivity index (χ4v) is 2.56. The number of piperidine rings is 1. The van der Waals surface area contributed by atoms with E-state index in [4.69, 9.17) is 22.1 Å². The molecule has 2 unspecified atom stereocenters. The lowest BCUT2D eigenvalue weighted by Crippen LogP contribution is -2.46. The predicted molar refractivity (Wildman–Crippen MR) is 74.1 cm³/mol. The molecule has 2 N–H and O–H groups in total. The summed E-state index contributed by atoms with van der Waals surface area (Å²) in [4.78, 5) is 18.0. The summed E-state index contributed by atoms with van der Waals surface area (Å²) in [5.74, 6) is 0.634. The number of hydrogen-bond acceptors (Lipinski definition) is 4. The van der Waals surface area contributed by atoms with Crippen molar-refractivity contribution in [1.29, 1.82) is 0 Å². The summed E-state index contributed by atoms with van der Waals surface area (Å²) in [6.45, 7) is 3.45. The van der Waals surface area contributed by atoms with E-state index < -0.39 is 0 Å². The highest BCUT2D eigenvalue weighted by molar-refractivity contribution is 6.29. The number of carbonyl (C=O) groups is 1. The van der Waals surface area contributed by atoms with Gasteiger partial charge in [-0.2, -0.15) is 0 Å². The molecule has 0 saturated carbocycles. The second-order valence-electron chi connectivity index (χ2n) is 4.89. The van der Waals surface area contributed by atoms with Crippen molar-refractivity contribution in [3.8, 4) is 0 Å². The van der Waals surface area contributed by atoms with E-state index in [9.17, 15) is 4.79 Å². The summed E-state index contributed by atoms with van der Waals surface area (Å²) in [7, 11) is 1.68. The minimum absolute atomic E-state index is 0.0763. The number of nitrogens with two attached hydrogens (primary N) is 1. The number of nitrogens with zero attached hydrogens (tertiary/aromatic N) is 2. The summed E-state index contributed by atoms with van der Waals surface area (Å²) in [6.07, 6.45) is 1.01. The first kappa shape index (κ1) is 14.1. The highest BCUT2D eigenvalue weighted by atomic mass is 35.5. The Kier molecular flexibility index (Phi) is 4.27. The minimum atomic E-state index is -0.0787. The molecule has 0 radical (unpaired) electrons. The Morgan fingerprint density at radius 2 is 2.32 bits per heavy atom. The van der Waals surface area contributed by atoms with E-state index in [0.29, 0.717) is 18.0 Å². The number of pyridine rings is 1. The Bertz CT molecular complexity index is 461. The van der Waals surface area contributed by atoms with Crippen molar-refractivity contribution in [2.75, 3.05) is 25.9 Å². The van der Waals surface area contributed by atoms with Crippen molar-refractivity contribution in [1.82, 2.24) is 9.88 Å². The van der Waals surface area contributed by atoms with Gasteiger partial charge in [0.05, 0.1) is 6.10 Å². The minimum Gasteiger partial charge on any atom is -0.384 e. The van der Waals surface area contributed by atoms with E-state index in [0.717, 1.165) is 13.0 Å². The number of ether oxygens (including phenoxy) is 1. The highest BCUT2D eigenvalue weighted by Gasteiger charge is 2.29. The van der Waals surface area contributed by atoms with E-state index in [-0.39, 0.29) is 23.0 Å². The number of rotatable bonds is 2. The van der Waals surface area contributed by atoms with Gasteiger partial charge >= 0.3 is 0 Å². The smallest absolute Gasteiger partial charge is 0.254 e. The third kappa shape index (κ3) is 3.16. The van der Waals surface area contributed by atoms with E-state index in [1.807, 2.05) is 0 Å². The second kappa shape index (κ2) is 5.75. The van der Waals surface area contributed by atoms with Crippen LogP contribution in [0.5, 0.6) is 0 Å². The summed E-state index contributed by atoms with van der Waals surface area (Å²) in [5.41, 5.74) is 6.09. The zero-order valence-corrected chi connectivity index (χ0v) is 11.9. The fourth-order valence-electron chi connectivity index (χ4n) is 2.35. The summed E-state index contributed by atoms with van der Waals surface area (Å²) >= 11 is 5.83. The normalized spacial score (nSPS) is 23.4. The van der Waals surface area contributed by atoms with E-state index in [1.54, 1.807) is 24.1 Å². The van der Waals surface area contributed by atoms with Crippen molar-refractivity contribution in [3.05, 3.63) is 22.8 Å². The lowest BCUT2D eigenvalue weighted by Gasteiger charge is -2.36. The van der Waals surface area contributed by atoms with Gasteiger partial charge in [0.15, 0.2) is 0 Å². The van der Waals surface area contributed by atoms with Crippen LogP contribution in [-0.4, -0.2) is 42.1 Å². The number of halogens is 1. The zero-order chi connectivity index (χ0) is 14.0. The maximum atomic E-state index is 12.4. The van der Waals surface area contributed by atoms with Crippen molar-refractivity contribution >= 4 is 23.3 Å². The second-order valence-corrected chi connectivity index (χ2v) is 5.28. The Hall–Kier alpha value is -1.33. The van der Waals surface area contributed by atoms with Gasteiger partial charge in [-0.15, -0.1) is 0 Å². The number of aromatic nitrogens is 1. The average Bonchev–Trinajstić information content (AvgIpc) is 2.37. The molecular formula is C13H18ClN3O2. The van der Waals surface area contributed by atoms with Crippen LogP contribution in [0.1, 0.15) is 23.7 Å². The molecular weight excluding hydrogens is 266 g/mol. The molecule has 1 aliphatic heterocycles. The molecule has 5 nitrogen and oxygen atoms in total. The van der Waals surface area contributed by atoms with Crippen molar-refractivity contribution < 1.29 is 9.53 Å². The SMILES string of the molecule is COC1CN(C(=O)c2cc(N)nc(Cl)c2)CCC1C. The molecule has 1 fully saturated rings. The number of carbonyl (C=O) groups excluding carboxylic acids is 1. The molecule has 2 rings (SSSR count). The summed E-state index contributed by atoms with van der Waals surface area (Å²) in [5, 5.41) is 0.233. The van der Waals surface area contributed by atoms with Crippen LogP contribution in [0.25, 0.3) is 0 Å². The van der Waals surface area contributed by atoms with Gasteiger partial charge in [-0.25, -0.2) is 4.98 Å². The molecule has 0 spiro atoms. The molecule has 0 aliphatic carbocycles. The van der Waals surface area contributed by atoms with Crippen LogP contribution >= 0.6 is 11.6 Å². The van der Waals surface area contributed by atoms with Gasteiger partial charge in [0.1, 0.15) is 11.0 Å². The Labute approximate surface area is 117 Å². The zero-order valence-electron chi connectivity index (χ0n) is 11.1. The lowest BCUT2D eigenvalue weighted by atomic mass is 9.95. The molecule has 2 heterocycles. The van der Waals surface area contributed by atoms with Crippen LogP contribution in [-0.2, 0) is 4.74 Å². The molecule has 104 valence electrons. The first-order valence-electron chi connectivity index (χ1n) is 6.26. The van der Waals surface area contributed by atoms with Gasteiger partial charge in [-0.1, -0.05) is 18.5 Å². The lowest BCUT2D eigenvalue weighted by molar-refractivity contribution is -0.00156. The molecule has 1 saturated heterocycles. The Morgan fingerprint density at radius 1 is 1.58 bits per heavy atom. The monoisotopic (exact) mass is 283 g/mol. The molecule has 1 aromatic rings. The molecule has 1 amide bonds. The van der Waals surface area contributed by atoms with Gasteiger partial charge in [-0.05, 0) is 24.5 Å². The van der Waals surface area contributed by atoms with Crippen LogP contribution in [0.4, 0.5) is 5.82 Å². The van der Waals surface area contributed by atoms with Gasteiger partial charge in [-0.3, -0.25) is 4.79 Å². The van der Waals surface area contributed by atoms with Gasteiger partial charge < -0.3 is 15.4 Å². The van der Waals surface area contributed by atoms with Gasteiger partial charge in [0.2, 0.25) is 0 Å². The van der Waals surface area contributed by atoms with Crippen LogP contribution in [0.2, 0.25) is 5.15 Å². The Balaban J connectivity index is 2.15. The fraction of sp³-hybridized carbons (Fsp3) is 0.538. The number of likely N-dealkylation sites (tertiary alicyclic amines) is 1. The number of methoxy groups -OCH3 is 1. The van der Waals surface area contributed by atoms with Gasteiger partial charge in [0.25, 0.3) is 5.91 Å². The summed E-state index contributed by atoms with van der Waals surface area (Å²) in [6, 6.07) is 3.09. The molecule has 19 heavy (non-hydrogen) atoms. The molecule has 0 bridgehead atoms. The van der Waals surface area contributed by atoms with Gasteiger partial charge in [0, 0.05) is 25.8 Å². The van der Waals surface area contributed by atoms with Crippen molar-refractivity contribution in [2.45, 2.75) is 19.4 Å². The quantitative estimate of drug-likeness (QED) is 0.841. The molecule has 1 aliphatic rings. The molecule has 0 aromatic carbocycles. The molecule has 2 atom stereocenters.